The molecule has 1 atom stereocenters. The zero-order valence-electron chi connectivity index (χ0n) is 11.2. The van der Waals surface area contributed by atoms with Crippen LogP contribution in [0.25, 0.3) is 0 Å². The molecule has 0 saturated carbocycles. The zero-order valence-corrected chi connectivity index (χ0v) is 11.2. The second-order valence-electron chi connectivity index (χ2n) is 5.79. The van der Waals surface area contributed by atoms with E-state index in [1.807, 2.05) is 0 Å². The lowest BCUT2D eigenvalue weighted by molar-refractivity contribution is 0.604. The molecular weight excluding hydrogens is 230 g/mol. The lowest BCUT2D eigenvalue weighted by atomic mass is 9.74. The highest BCUT2D eigenvalue weighted by Crippen LogP contribution is 2.39. The van der Waals surface area contributed by atoms with Crippen LogP contribution in [0, 0.1) is 0 Å². The third-order valence-corrected chi connectivity index (χ3v) is 4.59. The third-order valence-electron chi connectivity index (χ3n) is 4.59. The molecule has 0 fully saturated rings. The van der Waals surface area contributed by atoms with Gasteiger partial charge in [0.1, 0.15) is 0 Å². The molecule has 0 radical (unpaired) electrons. The molecule has 1 nitrogen and oxygen atoms in total. The standard InChI is InChI=1S/C18H19N/c1-2-9-17-14(5-1)11-16(17)12-15-7-3-6-13-8-4-10-19-18(13)15/h1-3,5-7,9,16,19H,4,8,10-12H2. The summed E-state index contributed by atoms with van der Waals surface area (Å²) in [5.41, 5.74) is 7.56. The highest BCUT2D eigenvalue weighted by Gasteiger charge is 2.26. The molecule has 2 aromatic rings. The number of rotatable bonds is 2. The van der Waals surface area contributed by atoms with E-state index >= 15 is 0 Å². The molecule has 0 spiro atoms. The van der Waals surface area contributed by atoms with Crippen LogP contribution in [0.15, 0.2) is 42.5 Å². The molecule has 1 unspecified atom stereocenters. The van der Waals surface area contributed by atoms with E-state index in [0.717, 1.165) is 12.5 Å². The van der Waals surface area contributed by atoms with Crippen LogP contribution in [0.4, 0.5) is 5.69 Å². The number of anilines is 1. The molecule has 2 aromatic carbocycles. The van der Waals surface area contributed by atoms with Crippen molar-refractivity contribution in [3.05, 3.63) is 64.7 Å². The van der Waals surface area contributed by atoms with Crippen molar-refractivity contribution in [3.8, 4) is 0 Å². The van der Waals surface area contributed by atoms with Crippen molar-refractivity contribution in [1.82, 2.24) is 0 Å². The van der Waals surface area contributed by atoms with Gasteiger partial charge in [-0.05, 0) is 53.9 Å². The molecule has 1 heteroatoms. The van der Waals surface area contributed by atoms with E-state index in [1.54, 1.807) is 11.1 Å². The third kappa shape index (κ3) is 1.85. The normalized spacial score (nSPS) is 19.9. The van der Waals surface area contributed by atoms with Crippen LogP contribution in [0.5, 0.6) is 0 Å². The summed E-state index contributed by atoms with van der Waals surface area (Å²) in [4.78, 5) is 0. The van der Waals surface area contributed by atoms with E-state index in [1.165, 1.54) is 42.5 Å². The average molecular weight is 249 g/mol. The SMILES string of the molecule is c1ccc2c(c1)CC2Cc1cccc2c1NCCC2. The first-order valence-electron chi connectivity index (χ1n) is 7.34. The predicted octanol–water partition coefficient (Wildman–Crippen LogP) is 3.93. The number of aryl methyl sites for hydroxylation is 1. The van der Waals surface area contributed by atoms with Gasteiger partial charge in [0, 0.05) is 12.2 Å². The van der Waals surface area contributed by atoms with Gasteiger partial charge in [-0.2, -0.15) is 0 Å². The van der Waals surface area contributed by atoms with Crippen LogP contribution in [-0.4, -0.2) is 6.54 Å². The van der Waals surface area contributed by atoms with E-state index in [-0.39, 0.29) is 0 Å². The van der Waals surface area contributed by atoms with Gasteiger partial charge in [-0.15, -0.1) is 0 Å². The largest absolute Gasteiger partial charge is 0.385 e. The van der Waals surface area contributed by atoms with Crippen LogP contribution in [0.1, 0.15) is 34.6 Å². The number of hydrogen-bond acceptors (Lipinski definition) is 1. The first-order chi connectivity index (χ1) is 9.42. The predicted molar refractivity (Wildman–Crippen MR) is 79.8 cm³/mol. The molecule has 1 aliphatic heterocycles. The molecule has 0 saturated heterocycles. The Hall–Kier alpha value is -1.76. The highest BCUT2D eigenvalue weighted by atomic mass is 14.9. The fraction of sp³-hybridized carbons (Fsp3) is 0.333. The van der Waals surface area contributed by atoms with Crippen LogP contribution < -0.4 is 5.32 Å². The number of hydrogen-bond donors (Lipinski definition) is 1. The molecule has 96 valence electrons. The Balaban J connectivity index is 1.62. The monoisotopic (exact) mass is 249 g/mol. The Morgan fingerprint density at radius 3 is 2.84 bits per heavy atom. The van der Waals surface area contributed by atoms with Gasteiger partial charge in [0.15, 0.2) is 0 Å². The fourth-order valence-corrected chi connectivity index (χ4v) is 3.56. The Bertz CT molecular complexity index is 615. The highest BCUT2D eigenvalue weighted by molar-refractivity contribution is 5.60. The summed E-state index contributed by atoms with van der Waals surface area (Å²) in [6, 6.07) is 15.7. The maximum atomic E-state index is 3.61. The van der Waals surface area contributed by atoms with Gasteiger partial charge >= 0.3 is 0 Å². The van der Waals surface area contributed by atoms with Crippen molar-refractivity contribution in [2.45, 2.75) is 31.6 Å². The molecule has 2 aliphatic rings. The summed E-state index contributed by atoms with van der Waals surface area (Å²) < 4.78 is 0. The molecule has 1 N–H and O–H groups in total. The van der Waals surface area contributed by atoms with Crippen molar-refractivity contribution >= 4 is 5.69 Å². The number of fused-ring (bicyclic) bond motifs is 2. The Morgan fingerprint density at radius 1 is 1.00 bits per heavy atom. The Labute approximate surface area is 114 Å². The van der Waals surface area contributed by atoms with Crippen molar-refractivity contribution in [3.63, 3.8) is 0 Å². The van der Waals surface area contributed by atoms with Gasteiger partial charge in [0.25, 0.3) is 0 Å². The lowest BCUT2D eigenvalue weighted by Gasteiger charge is -2.31. The van der Waals surface area contributed by atoms with Crippen molar-refractivity contribution < 1.29 is 0 Å². The van der Waals surface area contributed by atoms with E-state index in [2.05, 4.69) is 47.8 Å². The van der Waals surface area contributed by atoms with Crippen LogP contribution in [0.3, 0.4) is 0 Å². The maximum Gasteiger partial charge on any atom is 0.0405 e. The van der Waals surface area contributed by atoms with E-state index in [9.17, 15) is 0 Å². The summed E-state index contributed by atoms with van der Waals surface area (Å²) in [6.07, 6.45) is 4.94. The minimum atomic E-state index is 0.728. The minimum absolute atomic E-state index is 0.728. The molecule has 0 bridgehead atoms. The molecule has 1 heterocycles. The second-order valence-corrected chi connectivity index (χ2v) is 5.79. The Kier molecular flexibility index (Phi) is 2.58. The summed E-state index contributed by atoms with van der Waals surface area (Å²) in [5.74, 6) is 0.728. The van der Waals surface area contributed by atoms with Crippen molar-refractivity contribution in [1.29, 1.82) is 0 Å². The maximum absolute atomic E-state index is 3.61. The fourth-order valence-electron chi connectivity index (χ4n) is 3.56. The summed E-state index contributed by atoms with van der Waals surface area (Å²) >= 11 is 0. The molecule has 4 rings (SSSR count). The lowest BCUT2D eigenvalue weighted by Crippen LogP contribution is -2.21. The van der Waals surface area contributed by atoms with E-state index < -0.39 is 0 Å². The Morgan fingerprint density at radius 2 is 1.89 bits per heavy atom. The zero-order chi connectivity index (χ0) is 12.7. The van der Waals surface area contributed by atoms with Crippen LogP contribution in [0.2, 0.25) is 0 Å². The minimum Gasteiger partial charge on any atom is -0.385 e. The van der Waals surface area contributed by atoms with Gasteiger partial charge in [-0.3, -0.25) is 0 Å². The molecule has 0 aromatic heterocycles. The summed E-state index contributed by atoms with van der Waals surface area (Å²) in [7, 11) is 0. The topological polar surface area (TPSA) is 12.0 Å². The number of para-hydroxylation sites is 1. The van der Waals surface area contributed by atoms with Crippen molar-refractivity contribution in [2.75, 3.05) is 11.9 Å². The van der Waals surface area contributed by atoms with Gasteiger partial charge in [-0.25, -0.2) is 0 Å². The molecular formula is C18H19N. The number of benzene rings is 2. The van der Waals surface area contributed by atoms with Crippen LogP contribution in [-0.2, 0) is 19.3 Å². The van der Waals surface area contributed by atoms with Gasteiger partial charge in [0.05, 0.1) is 0 Å². The van der Waals surface area contributed by atoms with E-state index in [4.69, 9.17) is 0 Å². The van der Waals surface area contributed by atoms with Crippen LogP contribution >= 0.6 is 0 Å². The first-order valence-corrected chi connectivity index (χ1v) is 7.34. The number of nitrogens with one attached hydrogen (secondary N) is 1. The quantitative estimate of drug-likeness (QED) is 0.850. The average Bonchev–Trinajstić information content (AvgIpc) is 2.45. The van der Waals surface area contributed by atoms with Gasteiger partial charge in [-0.1, -0.05) is 42.5 Å². The molecule has 0 amide bonds. The first kappa shape index (κ1) is 11.1. The summed E-state index contributed by atoms with van der Waals surface area (Å²) in [5, 5.41) is 3.61. The van der Waals surface area contributed by atoms with Gasteiger partial charge in [0.2, 0.25) is 0 Å². The second kappa shape index (κ2) is 4.41. The molecule has 19 heavy (non-hydrogen) atoms. The van der Waals surface area contributed by atoms with Crippen molar-refractivity contribution in [2.24, 2.45) is 0 Å². The van der Waals surface area contributed by atoms with E-state index in [0.29, 0.717) is 0 Å². The molecule has 1 aliphatic carbocycles. The smallest absolute Gasteiger partial charge is 0.0405 e. The van der Waals surface area contributed by atoms with Gasteiger partial charge < -0.3 is 5.32 Å². The summed E-state index contributed by atoms with van der Waals surface area (Å²) in [6.45, 7) is 1.13.